The van der Waals surface area contributed by atoms with Gasteiger partial charge in [-0.25, -0.2) is 4.39 Å². The third-order valence-corrected chi connectivity index (χ3v) is 3.28. The highest BCUT2D eigenvalue weighted by Crippen LogP contribution is 2.07. The van der Waals surface area contributed by atoms with E-state index in [0.29, 0.717) is 12.2 Å². The molecule has 0 aliphatic carbocycles. The van der Waals surface area contributed by atoms with E-state index in [4.69, 9.17) is 0 Å². The standard InChI is InChI=1S/C16H20FN5O2/c1-18-15(23)11-22-9-14(7-19-22)20-16(24)10-21(2)8-12-3-5-13(17)6-4-12/h3-7,9H,8,10-11H2,1-2H3,(H,18,23)(H,20,24). The van der Waals surface area contributed by atoms with Crippen LogP contribution in [0.3, 0.4) is 0 Å². The highest BCUT2D eigenvalue weighted by Gasteiger charge is 2.09. The van der Waals surface area contributed by atoms with Crippen LogP contribution in [0.1, 0.15) is 5.56 Å². The number of carbonyl (C=O) groups excluding carboxylic acids is 2. The van der Waals surface area contributed by atoms with E-state index >= 15 is 0 Å². The number of likely N-dealkylation sites (N-methyl/N-ethyl adjacent to an activating group) is 2. The van der Waals surface area contributed by atoms with Crippen molar-refractivity contribution >= 4 is 17.5 Å². The van der Waals surface area contributed by atoms with E-state index < -0.39 is 0 Å². The first-order valence-electron chi connectivity index (χ1n) is 7.42. The molecule has 24 heavy (non-hydrogen) atoms. The number of aromatic nitrogens is 2. The fraction of sp³-hybridized carbons (Fsp3) is 0.312. The molecule has 0 spiro atoms. The van der Waals surface area contributed by atoms with E-state index in [9.17, 15) is 14.0 Å². The van der Waals surface area contributed by atoms with Crippen molar-refractivity contribution in [2.45, 2.75) is 13.1 Å². The molecule has 0 fully saturated rings. The SMILES string of the molecule is CNC(=O)Cn1cc(NC(=O)CN(C)Cc2ccc(F)cc2)cn1. The molecule has 0 radical (unpaired) electrons. The van der Waals surface area contributed by atoms with Gasteiger partial charge in [0.05, 0.1) is 18.4 Å². The van der Waals surface area contributed by atoms with Crippen LogP contribution in [0.15, 0.2) is 36.7 Å². The second-order valence-electron chi connectivity index (χ2n) is 5.45. The van der Waals surface area contributed by atoms with Crippen LogP contribution in [-0.2, 0) is 22.7 Å². The Balaban J connectivity index is 1.82. The Bertz CT molecular complexity index is 699. The van der Waals surface area contributed by atoms with Crippen LogP contribution in [0.2, 0.25) is 0 Å². The average molecular weight is 333 g/mol. The van der Waals surface area contributed by atoms with E-state index in [1.807, 2.05) is 4.90 Å². The van der Waals surface area contributed by atoms with Gasteiger partial charge in [-0.1, -0.05) is 12.1 Å². The van der Waals surface area contributed by atoms with Crippen molar-refractivity contribution in [2.75, 3.05) is 26.0 Å². The van der Waals surface area contributed by atoms with Crippen molar-refractivity contribution in [3.8, 4) is 0 Å². The van der Waals surface area contributed by atoms with Gasteiger partial charge in [0, 0.05) is 19.8 Å². The first kappa shape index (κ1) is 17.6. The fourth-order valence-corrected chi connectivity index (χ4v) is 2.14. The molecule has 2 amide bonds. The van der Waals surface area contributed by atoms with Crippen molar-refractivity contribution in [3.05, 3.63) is 48.0 Å². The largest absolute Gasteiger partial charge is 0.358 e. The van der Waals surface area contributed by atoms with E-state index in [1.165, 1.54) is 23.0 Å². The molecule has 1 heterocycles. The minimum absolute atomic E-state index is 0.0941. The Labute approximate surface area is 139 Å². The predicted octanol–water partition coefficient (Wildman–Crippen LogP) is 0.839. The number of rotatable bonds is 7. The Hall–Kier alpha value is -2.74. The van der Waals surface area contributed by atoms with Crippen LogP contribution in [0.4, 0.5) is 10.1 Å². The molecule has 0 unspecified atom stereocenters. The smallest absolute Gasteiger partial charge is 0.241 e. The highest BCUT2D eigenvalue weighted by molar-refractivity contribution is 5.92. The molecular formula is C16H20FN5O2. The van der Waals surface area contributed by atoms with Gasteiger partial charge in [-0.05, 0) is 24.7 Å². The molecule has 2 rings (SSSR count). The summed E-state index contributed by atoms with van der Waals surface area (Å²) in [6.07, 6.45) is 3.08. The van der Waals surface area contributed by atoms with Gasteiger partial charge >= 0.3 is 0 Å². The van der Waals surface area contributed by atoms with Crippen molar-refractivity contribution < 1.29 is 14.0 Å². The number of amides is 2. The number of nitrogens with one attached hydrogen (secondary N) is 2. The Morgan fingerprint density at radius 1 is 1.25 bits per heavy atom. The van der Waals surface area contributed by atoms with Crippen LogP contribution in [0, 0.1) is 5.82 Å². The maximum Gasteiger partial charge on any atom is 0.241 e. The molecular weight excluding hydrogens is 313 g/mol. The number of hydrogen-bond donors (Lipinski definition) is 2. The summed E-state index contributed by atoms with van der Waals surface area (Å²) in [5, 5.41) is 9.23. The van der Waals surface area contributed by atoms with E-state index in [2.05, 4.69) is 15.7 Å². The van der Waals surface area contributed by atoms with Gasteiger partial charge in [-0.2, -0.15) is 5.10 Å². The second kappa shape index (κ2) is 8.21. The van der Waals surface area contributed by atoms with Gasteiger partial charge in [0.25, 0.3) is 0 Å². The third kappa shape index (κ3) is 5.47. The lowest BCUT2D eigenvalue weighted by Crippen LogP contribution is -2.29. The van der Waals surface area contributed by atoms with Gasteiger partial charge in [0.15, 0.2) is 0 Å². The predicted molar refractivity (Wildman–Crippen MR) is 87.7 cm³/mol. The molecule has 7 nitrogen and oxygen atoms in total. The fourth-order valence-electron chi connectivity index (χ4n) is 2.14. The van der Waals surface area contributed by atoms with E-state index in [-0.39, 0.29) is 30.7 Å². The van der Waals surface area contributed by atoms with Crippen LogP contribution in [-0.4, -0.2) is 47.1 Å². The average Bonchev–Trinajstić information content (AvgIpc) is 2.96. The molecule has 0 aliphatic rings. The van der Waals surface area contributed by atoms with Gasteiger partial charge in [0.1, 0.15) is 12.4 Å². The van der Waals surface area contributed by atoms with Crippen LogP contribution in [0.5, 0.6) is 0 Å². The second-order valence-corrected chi connectivity index (χ2v) is 5.45. The lowest BCUT2D eigenvalue weighted by Gasteiger charge is -2.16. The number of carbonyl (C=O) groups is 2. The van der Waals surface area contributed by atoms with Crippen molar-refractivity contribution in [3.63, 3.8) is 0 Å². The maximum atomic E-state index is 12.9. The lowest BCUT2D eigenvalue weighted by molar-refractivity contribution is -0.121. The highest BCUT2D eigenvalue weighted by atomic mass is 19.1. The summed E-state index contributed by atoms with van der Waals surface area (Å²) in [6.45, 7) is 0.804. The molecule has 1 aromatic heterocycles. The molecule has 0 aliphatic heterocycles. The normalized spacial score (nSPS) is 10.7. The lowest BCUT2D eigenvalue weighted by atomic mass is 10.2. The summed E-state index contributed by atoms with van der Waals surface area (Å²) in [6, 6.07) is 6.16. The Morgan fingerprint density at radius 2 is 1.96 bits per heavy atom. The number of halogens is 1. The number of nitrogens with zero attached hydrogens (tertiary/aromatic N) is 3. The van der Waals surface area contributed by atoms with Crippen molar-refractivity contribution in [2.24, 2.45) is 0 Å². The zero-order valence-electron chi connectivity index (χ0n) is 13.6. The number of anilines is 1. The minimum Gasteiger partial charge on any atom is -0.358 e. The quantitative estimate of drug-likeness (QED) is 0.787. The molecule has 0 saturated carbocycles. The first-order chi connectivity index (χ1) is 11.5. The van der Waals surface area contributed by atoms with Gasteiger partial charge in [-0.15, -0.1) is 0 Å². The first-order valence-corrected chi connectivity index (χ1v) is 7.42. The maximum absolute atomic E-state index is 12.9. The number of hydrogen-bond acceptors (Lipinski definition) is 4. The van der Waals surface area contributed by atoms with Crippen LogP contribution >= 0.6 is 0 Å². The molecule has 0 saturated heterocycles. The zero-order chi connectivity index (χ0) is 17.5. The molecule has 128 valence electrons. The van der Waals surface area contributed by atoms with Crippen molar-refractivity contribution in [1.29, 1.82) is 0 Å². The van der Waals surface area contributed by atoms with Crippen LogP contribution < -0.4 is 10.6 Å². The van der Waals surface area contributed by atoms with E-state index in [1.54, 1.807) is 32.4 Å². The zero-order valence-corrected chi connectivity index (χ0v) is 13.6. The Kier molecular flexibility index (Phi) is 6.02. The third-order valence-electron chi connectivity index (χ3n) is 3.28. The molecule has 8 heteroatoms. The van der Waals surface area contributed by atoms with Crippen LogP contribution in [0.25, 0.3) is 0 Å². The topological polar surface area (TPSA) is 79.3 Å². The number of benzene rings is 1. The summed E-state index contributed by atoms with van der Waals surface area (Å²) < 4.78 is 14.3. The summed E-state index contributed by atoms with van der Waals surface area (Å²) >= 11 is 0. The summed E-state index contributed by atoms with van der Waals surface area (Å²) in [4.78, 5) is 25.1. The molecule has 0 bridgehead atoms. The Morgan fingerprint density at radius 3 is 2.62 bits per heavy atom. The molecule has 2 N–H and O–H groups in total. The van der Waals surface area contributed by atoms with Gasteiger partial charge < -0.3 is 10.6 Å². The summed E-state index contributed by atoms with van der Waals surface area (Å²) in [5.41, 5.74) is 1.45. The summed E-state index contributed by atoms with van der Waals surface area (Å²) in [5.74, 6) is -0.651. The molecule has 1 aromatic carbocycles. The minimum atomic E-state index is -0.284. The monoisotopic (exact) mass is 333 g/mol. The van der Waals surface area contributed by atoms with E-state index in [0.717, 1.165) is 5.56 Å². The summed E-state index contributed by atoms with van der Waals surface area (Å²) in [7, 11) is 3.35. The van der Waals surface area contributed by atoms with Gasteiger partial charge in [0.2, 0.25) is 11.8 Å². The van der Waals surface area contributed by atoms with Gasteiger partial charge in [-0.3, -0.25) is 19.2 Å². The van der Waals surface area contributed by atoms with Crippen molar-refractivity contribution in [1.82, 2.24) is 20.0 Å². The molecule has 0 atom stereocenters. The molecule has 2 aromatic rings.